The number of carbonyl (C=O) groups is 1. The van der Waals surface area contributed by atoms with Crippen LogP contribution in [0.2, 0.25) is 0 Å². The van der Waals surface area contributed by atoms with Crippen molar-refractivity contribution in [1.82, 2.24) is 5.32 Å². The van der Waals surface area contributed by atoms with E-state index in [4.69, 9.17) is 0 Å². The van der Waals surface area contributed by atoms with Gasteiger partial charge in [0.1, 0.15) is 6.54 Å². The van der Waals surface area contributed by atoms with Gasteiger partial charge in [0.25, 0.3) is 10.0 Å². The van der Waals surface area contributed by atoms with E-state index < -0.39 is 10.0 Å². The van der Waals surface area contributed by atoms with Gasteiger partial charge in [0.15, 0.2) is 0 Å². The lowest BCUT2D eigenvalue weighted by Gasteiger charge is -2.24. The molecule has 0 saturated heterocycles. The molecule has 0 heterocycles. The number of nitrogens with zero attached hydrogens (tertiary/aromatic N) is 1. The molecule has 7 heteroatoms. The third-order valence-corrected chi connectivity index (χ3v) is 7.96. The highest BCUT2D eigenvalue weighted by Gasteiger charge is 2.27. The van der Waals surface area contributed by atoms with Gasteiger partial charge in [0.05, 0.1) is 10.6 Å². The minimum Gasteiger partial charge on any atom is -0.354 e. The van der Waals surface area contributed by atoms with Crippen LogP contribution in [0.5, 0.6) is 0 Å². The van der Waals surface area contributed by atoms with Crippen LogP contribution in [-0.4, -0.2) is 33.2 Å². The fourth-order valence-corrected chi connectivity index (χ4v) is 5.49. The summed E-state index contributed by atoms with van der Waals surface area (Å²) in [5.41, 5.74) is 4.84. The molecule has 0 fully saturated rings. The first kappa shape index (κ1) is 24.9. The highest BCUT2D eigenvalue weighted by Crippen LogP contribution is 2.24. The molecule has 0 spiro atoms. The Bertz CT molecular complexity index is 1170. The van der Waals surface area contributed by atoms with Crippen LogP contribution in [0.4, 0.5) is 5.69 Å². The van der Waals surface area contributed by atoms with E-state index in [0.717, 1.165) is 22.6 Å². The van der Waals surface area contributed by atoms with Gasteiger partial charge in [-0.1, -0.05) is 59.7 Å². The molecule has 174 valence electrons. The maximum atomic E-state index is 13.4. The number of sulfonamides is 1. The number of hydrogen-bond acceptors (Lipinski definition) is 4. The predicted octanol–water partition coefficient (Wildman–Crippen LogP) is 4.86. The molecule has 0 atom stereocenters. The van der Waals surface area contributed by atoms with Gasteiger partial charge in [-0.3, -0.25) is 9.10 Å². The van der Waals surface area contributed by atoms with Crippen LogP contribution in [0.3, 0.4) is 0 Å². The molecule has 3 rings (SSSR count). The SMILES string of the molecule is Cc1ccc(CSCCNC(=O)CN(c2cccc(C)c2)S(=O)(=O)c2ccc(C)cc2)cc1. The first-order valence-electron chi connectivity index (χ1n) is 10.8. The van der Waals surface area contributed by atoms with Crippen LogP contribution in [0.1, 0.15) is 22.3 Å². The first-order chi connectivity index (χ1) is 15.8. The van der Waals surface area contributed by atoms with Gasteiger partial charge in [0, 0.05) is 18.1 Å². The standard InChI is InChI=1S/C26H30N2O3S2/c1-20-7-11-23(12-8-20)19-32-16-15-27-26(29)18-28(24-6-4-5-22(3)17-24)33(30,31)25-13-9-21(2)10-14-25/h4-14,17H,15-16,18-19H2,1-3H3,(H,27,29). The Morgan fingerprint density at radius 1 is 0.879 bits per heavy atom. The molecule has 0 unspecified atom stereocenters. The highest BCUT2D eigenvalue weighted by molar-refractivity contribution is 7.98. The van der Waals surface area contributed by atoms with Crippen molar-refractivity contribution < 1.29 is 13.2 Å². The molecule has 0 aliphatic rings. The van der Waals surface area contributed by atoms with Crippen LogP contribution < -0.4 is 9.62 Å². The second-order valence-corrected chi connectivity index (χ2v) is 11.0. The van der Waals surface area contributed by atoms with Crippen molar-refractivity contribution in [3.05, 3.63) is 95.1 Å². The number of carbonyl (C=O) groups excluding carboxylic acids is 1. The quantitative estimate of drug-likeness (QED) is 0.419. The van der Waals surface area contributed by atoms with E-state index in [1.807, 2.05) is 19.9 Å². The van der Waals surface area contributed by atoms with E-state index in [1.165, 1.54) is 15.4 Å². The van der Waals surface area contributed by atoms with Crippen LogP contribution in [0.25, 0.3) is 0 Å². The van der Waals surface area contributed by atoms with E-state index in [-0.39, 0.29) is 17.3 Å². The van der Waals surface area contributed by atoms with Crippen molar-refractivity contribution in [3.63, 3.8) is 0 Å². The number of aryl methyl sites for hydroxylation is 3. The summed E-state index contributed by atoms with van der Waals surface area (Å²) in [4.78, 5) is 12.9. The zero-order valence-corrected chi connectivity index (χ0v) is 20.9. The summed E-state index contributed by atoms with van der Waals surface area (Å²) in [6.45, 7) is 6.06. The highest BCUT2D eigenvalue weighted by atomic mass is 32.2. The second-order valence-electron chi connectivity index (χ2n) is 8.05. The molecule has 0 aromatic heterocycles. The Morgan fingerprint density at radius 2 is 1.52 bits per heavy atom. The Morgan fingerprint density at radius 3 is 2.15 bits per heavy atom. The average molecular weight is 483 g/mol. The van der Waals surface area contributed by atoms with Crippen molar-refractivity contribution in [2.24, 2.45) is 0 Å². The Hall–Kier alpha value is -2.77. The number of anilines is 1. The minimum absolute atomic E-state index is 0.163. The summed E-state index contributed by atoms with van der Waals surface area (Å²) in [5, 5.41) is 2.86. The van der Waals surface area contributed by atoms with Crippen LogP contribution in [0.15, 0.2) is 77.7 Å². The number of thioether (sulfide) groups is 1. The summed E-state index contributed by atoms with van der Waals surface area (Å²) >= 11 is 1.73. The number of hydrogen-bond donors (Lipinski definition) is 1. The van der Waals surface area contributed by atoms with E-state index in [2.05, 4.69) is 36.5 Å². The number of benzene rings is 3. The number of rotatable bonds is 10. The summed E-state index contributed by atoms with van der Waals surface area (Å²) in [6, 6.07) is 22.2. The van der Waals surface area contributed by atoms with E-state index in [0.29, 0.717) is 12.2 Å². The molecule has 1 amide bonds. The molecule has 3 aromatic rings. The maximum absolute atomic E-state index is 13.4. The van der Waals surface area contributed by atoms with Gasteiger partial charge in [-0.05, 0) is 56.2 Å². The van der Waals surface area contributed by atoms with Crippen molar-refractivity contribution in [1.29, 1.82) is 0 Å². The van der Waals surface area contributed by atoms with Gasteiger partial charge in [-0.2, -0.15) is 11.8 Å². The number of amides is 1. The zero-order valence-electron chi connectivity index (χ0n) is 19.2. The van der Waals surface area contributed by atoms with Gasteiger partial charge in [-0.25, -0.2) is 8.42 Å². The lowest BCUT2D eigenvalue weighted by Crippen LogP contribution is -2.41. The molecule has 0 radical (unpaired) electrons. The lowest BCUT2D eigenvalue weighted by molar-refractivity contribution is -0.119. The monoisotopic (exact) mass is 482 g/mol. The summed E-state index contributed by atoms with van der Waals surface area (Å²) in [5.74, 6) is 1.28. The molecule has 0 aliphatic heterocycles. The van der Waals surface area contributed by atoms with Crippen molar-refractivity contribution in [2.45, 2.75) is 31.4 Å². The fraction of sp³-hybridized carbons (Fsp3) is 0.269. The minimum atomic E-state index is -3.89. The van der Waals surface area contributed by atoms with Gasteiger partial charge < -0.3 is 5.32 Å². The molecule has 0 bridgehead atoms. The molecule has 5 nitrogen and oxygen atoms in total. The molecule has 3 aromatic carbocycles. The number of nitrogens with one attached hydrogen (secondary N) is 1. The molecule has 1 N–H and O–H groups in total. The lowest BCUT2D eigenvalue weighted by atomic mass is 10.2. The van der Waals surface area contributed by atoms with Gasteiger partial charge >= 0.3 is 0 Å². The summed E-state index contributed by atoms with van der Waals surface area (Å²) < 4.78 is 28.0. The topological polar surface area (TPSA) is 66.5 Å². The fourth-order valence-electron chi connectivity index (χ4n) is 3.26. The van der Waals surface area contributed by atoms with Crippen LogP contribution >= 0.6 is 11.8 Å². The third-order valence-electron chi connectivity index (χ3n) is 5.14. The Balaban J connectivity index is 1.64. The van der Waals surface area contributed by atoms with E-state index in [9.17, 15) is 13.2 Å². The smallest absolute Gasteiger partial charge is 0.264 e. The molecule has 0 aliphatic carbocycles. The Kier molecular flexibility index (Phi) is 8.58. The average Bonchev–Trinajstić information content (AvgIpc) is 2.78. The maximum Gasteiger partial charge on any atom is 0.264 e. The van der Waals surface area contributed by atoms with Gasteiger partial charge in [0.2, 0.25) is 5.91 Å². The zero-order chi connectivity index (χ0) is 23.8. The summed E-state index contributed by atoms with van der Waals surface area (Å²) in [6.07, 6.45) is 0. The normalized spacial score (nSPS) is 11.2. The van der Waals surface area contributed by atoms with E-state index >= 15 is 0 Å². The van der Waals surface area contributed by atoms with Crippen molar-refractivity contribution >= 4 is 33.4 Å². The largest absolute Gasteiger partial charge is 0.354 e. The molecule has 33 heavy (non-hydrogen) atoms. The summed E-state index contributed by atoms with van der Waals surface area (Å²) in [7, 11) is -3.89. The van der Waals surface area contributed by atoms with Crippen molar-refractivity contribution in [2.75, 3.05) is 23.1 Å². The molecular formula is C26H30N2O3S2. The van der Waals surface area contributed by atoms with Gasteiger partial charge in [-0.15, -0.1) is 0 Å². The van der Waals surface area contributed by atoms with E-state index in [1.54, 1.807) is 54.2 Å². The third kappa shape index (κ3) is 7.11. The van der Waals surface area contributed by atoms with Crippen LogP contribution in [-0.2, 0) is 20.6 Å². The Labute approximate surface area is 201 Å². The predicted molar refractivity (Wildman–Crippen MR) is 137 cm³/mol. The molecule has 0 saturated carbocycles. The van der Waals surface area contributed by atoms with Crippen LogP contribution in [0, 0.1) is 20.8 Å². The molecular weight excluding hydrogens is 452 g/mol. The van der Waals surface area contributed by atoms with Crippen molar-refractivity contribution in [3.8, 4) is 0 Å². The second kappa shape index (κ2) is 11.4. The first-order valence-corrected chi connectivity index (χ1v) is 13.4.